The van der Waals surface area contributed by atoms with Crippen LogP contribution in [0.4, 0.5) is 0 Å². The molecule has 0 amide bonds. The van der Waals surface area contributed by atoms with Gasteiger partial charge in [0, 0.05) is 18.8 Å². The maximum absolute atomic E-state index is 12.7. The summed E-state index contributed by atoms with van der Waals surface area (Å²) in [4.78, 5) is 24.8. The highest BCUT2D eigenvalue weighted by Crippen LogP contribution is 2.29. The van der Waals surface area contributed by atoms with Crippen molar-refractivity contribution in [2.45, 2.75) is 45.6 Å². The number of carbonyl (C=O) groups is 2. The average molecular weight is 334 g/mol. The SMILES string of the molecule is CCCOC(=O)c1ccccc1C(=O)OC(C)(C)C1CC[NH2+]CC1. The number of hydrogen-bond donors (Lipinski definition) is 1. The maximum Gasteiger partial charge on any atom is 0.339 e. The van der Waals surface area contributed by atoms with E-state index < -0.39 is 17.5 Å². The minimum absolute atomic E-state index is 0.267. The molecule has 132 valence electrons. The van der Waals surface area contributed by atoms with Crippen molar-refractivity contribution in [2.75, 3.05) is 19.7 Å². The molecular weight excluding hydrogens is 306 g/mol. The van der Waals surface area contributed by atoms with Crippen LogP contribution in [0.1, 0.15) is 60.7 Å². The molecular formula is C19H28NO4+. The molecule has 0 radical (unpaired) electrons. The summed E-state index contributed by atoms with van der Waals surface area (Å²) in [5.41, 5.74) is -0.0102. The number of piperidine rings is 1. The van der Waals surface area contributed by atoms with Gasteiger partial charge in [0.05, 0.1) is 30.8 Å². The van der Waals surface area contributed by atoms with Gasteiger partial charge in [-0.05, 0) is 32.4 Å². The van der Waals surface area contributed by atoms with Gasteiger partial charge in [0.25, 0.3) is 0 Å². The van der Waals surface area contributed by atoms with E-state index in [0.717, 1.165) is 32.4 Å². The second-order valence-corrected chi connectivity index (χ2v) is 6.81. The second kappa shape index (κ2) is 8.29. The molecule has 1 aliphatic rings. The third-order valence-corrected chi connectivity index (χ3v) is 4.58. The van der Waals surface area contributed by atoms with Gasteiger partial charge in [-0.1, -0.05) is 19.1 Å². The fraction of sp³-hybridized carbons (Fsp3) is 0.579. The summed E-state index contributed by atoms with van der Waals surface area (Å²) >= 11 is 0. The van der Waals surface area contributed by atoms with E-state index in [1.165, 1.54) is 0 Å². The van der Waals surface area contributed by atoms with Gasteiger partial charge in [-0.3, -0.25) is 0 Å². The first-order valence-electron chi connectivity index (χ1n) is 8.77. The molecule has 1 fully saturated rings. The van der Waals surface area contributed by atoms with Crippen molar-refractivity contribution in [3.63, 3.8) is 0 Å². The highest BCUT2D eigenvalue weighted by molar-refractivity contribution is 6.03. The van der Waals surface area contributed by atoms with Gasteiger partial charge in [-0.15, -0.1) is 0 Å². The Bertz CT molecular complexity index is 576. The van der Waals surface area contributed by atoms with E-state index in [1.807, 2.05) is 20.8 Å². The number of hydrogen-bond acceptors (Lipinski definition) is 4. The minimum Gasteiger partial charge on any atom is -0.462 e. The van der Waals surface area contributed by atoms with Gasteiger partial charge < -0.3 is 14.8 Å². The van der Waals surface area contributed by atoms with E-state index in [-0.39, 0.29) is 11.1 Å². The summed E-state index contributed by atoms with van der Waals surface area (Å²) < 4.78 is 11.0. The Morgan fingerprint density at radius 1 is 1.12 bits per heavy atom. The number of benzene rings is 1. The molecule has 0 aliphatic carbocycles. The second-order valence-electron chi connectivity index (χ2n) is 6.81. The van der Waals surface area contributed by atoms with Crippen LogP contribution in [-0.2, 0) is 9.47 Å². The standard InChI is InChI=1S/C19H27NO4/c1-4-13-23-17(21)15-7-5-6-8-16(15)18(22)24-19(2,3)14-9-11-20-12-10-14/h5-8,14,20H,4,9-13H2,1-3H3/p+1. The van der Waals surface area contributed by atoms with Gasteiger partial charge in [0.15, 0.2) is 0 Å². The van der Waals surface area contributed by atoms with Crippen molar-refractivity contribution < 1.29 is 24.4 Å². The van der Waals surface area contributed by atoms with E-state index in [9.17, 15) is 9.59 Å². The molecule has 1 saturated heterocycles. The summed E-state index contributed by atoms with van der Waals surface area (Å²) in [6.45, 7) is 8.30. The van der Waals surface area contributed by atoms with Crippen molar-refractivity contribution in [2.24, 2.45) is 5.92 Å². The summed E-state index contributed by atoms with van der Waals surface area (Å²) in [6.07, 6.45) is 2.80. The van der Waals surface area contributed by atoms with E-state index in [1.54, 1.807) is 24.3 Å². The first-order chi connectivity index (χ1) is 11.5. The fourth-order valence-electron chi connectivity index (χ4n) is 3.11. The Morgan fingerprint density at radius 2 is 1.71 bits per heavy atom. The predicted molar refractivity (Wildman–Crippen MR) is 90.9 cm³/mol. The molecule has 0 saturated carbocycles. The monoisotopic (exact) mass is 334 g/mol. The lowest BCUT2D eigenvalue weighted by atomic mass is 9.83. The molecule has 0 bridgehead atoms. The first-order valence-corrected chi connectivity index (χ1v) is 8.77. The van der Waals surface area contributed by atoms with Gasteiger partial charge >= 0.3 is 11.9 Å². The summed E-state index contributed by atoms with van der Waals surface area (Å²) in [6, 6.07) is 6.68. The van der Waals surface area contributed by atoms with E-state index in [0.29, 0.717) is 12.5 Å². The van der Waals surface area contributed by atoms with Crippen LogP contribution in [0.3, 0.4) is 0 Å². The molecule has 24 heavy (non-hydrogen) atoms. The number of ether oxygens (including phenoxy) is 2. The molecule has 0 unspecified atom stereocenters. The minimum atomic E-state index is -0.550. The highest BCUT2D eigenvalue weighted by Gasteiger charge is 2.36. The maximum atomic E-state index is 12.7. The number of esters is 2. The highest BCUT2D eigenvalue weighted by atomic mass is 16.6. The van der Waals surface area contributed by atoms with Crippen LogP contribution in [0.25, 0.3) is 0 Å². The fourth-order valence-corrected chi connectivity index (χ4v) is 3.11. The third-order valence-electron chi connectivity index (χ3n) is 4.58. The van der Waals surface area contributed by atoms with Gasteiger partial charge in [0.2, 0.25) is 0 Å². The average Bonchev–Trinajstić information content (AvgIpc) is 2.60. The van der Waals surface area contributed by atoms with Crippen LogP contribution in [0.2, 0.25) is 0 Å². The van der Waals surface area contributed by atoms with Gasteiger partial charge in [-0.2, -0.15) is 0 Å². The zero-order valence-corrected chi connectivity index (χ0v) is 14.8. The Labute approximate surface area is 143 Å². The van der Waals surface area contributed by atoms with Crippen LogP contribution in [0.15, 0.2) is 24.3 Å². The summed E-state index contributed by atoms with van der Waals surface area (Å²) in [7, 11) is 0. The van der Waals surface area contributed by atoms with E-state index in [4.69, 9.17) is 9.47 Å². The molecule has 0 atom stereocenters. The molecule has 1 aromatic carbocycles. The number of carbonyl (C=O) groups excluding carboxylic acids is 2. The normalized spacial score (nSPS) is 15.8. The number of rotatable bonds is 6. The van der Waals surface area contributed by atoms with E-state index >= 15 is 0 Å². The molecule has 2 N–H and O–H groups in total. The first kappa shape index (κ1) is 18.5. The molecule has 5 heteroatoms. The van der Waals surface area contributed by atoms with Gasteiger partial charge in [0.1, 0.15) is 5.60 Å². The van der Waals surface area contributed by atoms with E-state index in [2.05, 4.69) is 5.32 Å². The quantitative estimate of drug-likeness (QED) is 0.810. The number of nitrogens with two attached hydrogens (primary N) is 1. The molecule has 2 rings (SSSR count). The molecule has 1 aliphatic heterocycles. The van der Waals surface area contributed by atoms with Crippen LogP contribution in [0.5, 0.6) is 0 Å². The van der Waals surface area contributed by atoms with Crippen molar-refractivity contribution in [3.8, 4) is 0 Å². The molecule has 5 nitrogen and oxygen atoms in total. The van der Waals surface area contributed by atoms with Crippen LogP contribution >= 0.6 is 0 Å². The van der Waals surface area contributed by atoms with Gasteiger partial charge in [-0.25, -0.2) is 9.59 Å². The molecule has 1 heterocycles. The summed E-state index contributed by atoms with van der Waals surface area (Å²) in [5.74, 6) is -0.598. The smallest absolute Gasteiger partial charge is 0.339 e. The lowest BCUT2D eigenvalue weighted by Gasteiger charge is -2.35. The van der Waals surface area contributed by atoms with Crippen molar-refractivity contribution in [1.29, 1.82) is 0 Å². The molecule has 0 spiro atoms. The van der Waals surface area contributed by atoms with Crippen LogP contribution < -0.4 is 5.32 Å². The van der Waals surface area contributed by atoms with Crippen molar-refractivity contribution >= 4 is 11.9 Å². The lowest BCUT2D eigenvalue weighted by molar-refractivity contribution is -0.665. The van der Waals surface area contributed by atoms with Crippen LogP contribution in [-0.4, -0.2) is 37.2 Å². The molecule has 1 aromatic rings. The van der Waals surface area contributed by atoms with Crippen LogP contribution in [0, 0.1) is 5.92 Å². The Balaban J connectivity index is 2.13. The predicted octanol–water partition coefficient (Wildman–Crippen LogP) is 2.16. The number of quaternary nitrogens is 1. The third kappa shape index (κ3) is 4.57. The zero-order valence-electron chi connectivity index (χ0n) is 14.8. The van der Waals surface area contributed by atoms with Crippen molar-refractivity contribution in [1.82, 2.24) is 0 Å². The van der Waals surface area contributed by atoms with Crippen molar-refractivity contribution in [3.05, 3.63) is 35.4 Å². The Morgan fingerprint density at radius 3 is 2.29 bits per heavy atom. The summed E-state index contributed by atoms with van der Waals surface area (Å²) in [5, 5.41) is 2.29. The molecule has 0 aromatic heterocycles. The largest absolute Gasteiger partial charge is 0.462 e. The Kier molecular flexibility index (Phi) is 6.37. The lowest BCUT2D eigenvalue weighted by Crippen LogP contribution is -2.86. The Hall–Kier alpha value is -1.88. The zero-order chi connectivity index (χ0) is 17.6. The topological polar surface area (TPSA) is 69.2 Å².